The number of halogens is 3. The van der Waals surface area contributed by atoms with Gasteiger partial charge < -0.3 is 9.30 Å². The molecule has 0 saturated heterocycles. The van der Waals surface area contributed by atoms with Crippen LogP contribution in [0.5, 0.6) is 0 Å². The second-order valence-corrected chi connectivity index (χ2v) is 2.87. The van der Waals surface area contributed by atoms with Crippen LogP contribution < -0.4 is 0 Å². The van der Waals surface area contributed by atoms with E-state index < -0.39 is 12.8 Å². The normalized spacial score (nSPS) is 11.3. The van der Waals surface area contributed by atoms with Crippen molar-refractivity contribution in [1.82, 2.24) is 4.57 Å². The first-order valence-corrected chi connectivity index (χ1v) is 4.22. The summed E-state index contributed by atoms with van der Waals surface area (Å²) < 4.78 is 41.0. The van der Waals surface area contributed by atoms with Crippen LogP contribution in [0.15, 0.2) is 18.3 Å². The molecule has 0 aliphatic heterocycles. The summed E-state index contributed by atoms with van der Waals surface area (Å²) in [5.74, 6) is 0. The topological polar surface area (TPSA) is 38.0 Å². The summed E-state index contributed by atoms with van der Waals surface area (Å²) in [6.07, 6.45) is -2.68. The van der Waals surface area contributed by atoms with Crippen molar-refractivity contribution >= 4 is 0 Å². The molecule has 0 amide bonds. The van der Waals surface area contributed by atoms with Gasteiger partial charge in [-0.05, 0) is 12.1 Å². The van der Waals surface area contributed by atoms with E-state index in [-0.39, 0.29) is 13.2 Å². The van der Waals surface area contributed by atoms with Crippen molar-refractivity contribution < 1.29 is 17.9 Å². The van der Waals surface area contributed by atoms with Crippen molar-refractivity contribution in [2.75, 3.05) is 13.2 Å². The monoisotopic (exact) mass is 218 g/mol. The number of hydrogen-bond donors (Lipinski definition) is 0. The van der Waals surface area contributed by atoms with Crippen molar-refractivity contribution in [2.24, 2.45) is 0 Å². The average Bonchev–Trinajstić information content (AvgIpc) is 2.58. The number of nitrogens with zero attached hydrogens (tertiary/aromatic N) is 2. The zero-order valence-corrected chi connectivity index (χ0v) is 7.79. The van der Waals surface area contributed by atoms with Gasteiger partial charge >= 0.3 is 6.18 Å². The van der Waals surface area contributed by atoms with Gasteiger partial charge in [0.2, 0.25) is 0 Å². The van der Waals surface area contributed by atoms with Crippen LogP contribution >= 0.6 is 0 Å². The lowest BCUT2D eigenvalue weighted by molar-refractivity contribution is -0.174. The maximum atomic E-state index is 11.7. The number of alkyl halides is 3. The first-order chi connectivity index (χ1) is 7.03. The van der Waals surface area contributed by atoms with E-state index >= 15 is 0 Å². The fourth-order valence-corrected chi connectivity index (χ4v) is 1.06. The van der Waals surface area contributed by atoms with Crippen molar-refractivity contribution in [3.63, 3.8) is 0 Å². The highest BCUT2D eigenvalue weighted by atomic mass is 19.4. The summed E-state index contributed by atoms with van der Waals surface area (Å²) in [5, 5.41) is 8.60. The molecule has 0 aliphatic carbocycles. The van der Waals surface area contributed by atoms with Crippen LogP contribution in [-0.4, -0.2) is 24.0 Å². The lowest BCUT2D eigenvalue weighted by atomic mass is 10.5. The molecule has 0 N–H and O–H groups in total. The molecule has 1 aromatic heterocycles. The third kappa shape index (κ3) is 4.04. The molecule has 0 radical (unpaired) electrons. The third-order valence-electron chi connectivity index (χ3n) is 1.69. The van der Waals surface area contributed by atoms with Gasteiger partial charge in [-0.2, -0.15) is 18.4 Å². The fraction of sp³-hybridized carbons (Fsp3) is 0.444. The van der Waals surface area contributed by atoms with E-state index in [2.05, 4.69) is 4.74 Å². The molecule has 0 aromatic carbocycles. The highest BCUT2D eigenvalue weighted by Crippen LogP contribution is 2.14. The summed E-state index contributed by atoms with van der Waals surface area (Å²) in [5.41, 5.74) is 0.408. The Labute approximate surface area is 84.7 Å². The second kappa shape index (κ2) is 4.84. The summed E-state index contributed by atoms with van der Waals surface area (Å²) in [7, 11) is 0. The van der Waals surface area contributed by atoms with Crippen molar-refractivity contribution in [1.29, 1.82) is 5.26 Å². The number of ether oxygens (including phenoxy) is 1. The van der Waals surface area contributed by atoms with Gasteiger partial charge in [0.15, 0.2) is 0 Å². The Balaban J connectivity index is 2.30. The van der Waals surface area contributed by atoms with Crippen LogP contribution in [0, 0.1) is 11.3 Å². The molecular formula is C9H9F3N2O. The number of hydrogen-bond acceptors (Lipinski definition) is 2. The van der Waals surface area contributed by atoms with E-state index in [0.717, 1.165) is 0 Å². The smallest absolute Gasteiger partial charge is 0.370 e. The van der Waals surface area contributed by atoms with Gasteiger partial charge in [0, 0.05) is 12.7 Å². The Morgan fingerprint density at radius 1 is 1.47 bits per heavy atom. The SMILES string of the molecule is N#Cc1cccn1CCOCC(F)(F)F. The molecule has 82 valence electrons. The first-order valence-electron chi connectivity index (χ1n) is 4.22. The van der Waals surface area contributed by atoms with Gasteiger partial charge in [-0.15, -0.1) is 0 Å². The molecule has 1 aromatic rings. The van der Waals surface area contributed by atoms with E-state index in [9.17, 15) is 13.2 Å². The van der Waals surface area contributed by atoms with Gasteiger partial charge in [0.1, 0.15) is 18.4 Å². The highest BCUT2D eigenvalue weighted by Gasteiger charge is 2.27. The minimum Gasteiger partial charge on any atom is -0.370 e. The summed E-state index contributed by atoms with van der Waals surface area (Å²) in [6.45, 7) is -1.08. The molecule has 0 unspecified atom stereocenters. The molecule has 0 spiro atoms. The van der Waals surface area contributed by atoms with Crippen LogP contribution in [-0.2, 0) is 11.3 Å². The van der Waals surface area contributed by atoms with Gasteiger partial charge in [-0.1, -0.05) is 0 Å². The number of nitriles is 1. The predicted octanol–water partition coefficient (Wildman–Crippen LogP) is 1.94. The molecule has 1 heterocycles. The van der Waals surface area contributed by atoms with E-state index in [1.54, 1.807) is 18.3 Å². The van der Waals surface area contributed by atoms with Crippen LogP contribution in [0.1, 0.15) is 5.69 Å². The molecule has 0 aliphatic rings. The lowest BCUT2D eigenvalue weighted by Gasteiger charge is -2.08. The number of aromatic nitrogens is 1. The van der Waals surface area contributed by atoms with Crippen molar-refractivity contribution in [3.05, 3.63) is 24.0 Å². The van der Waals surface area contributed by atoms with E-state index in [1.807, 2.05) is 6.07 Å². The van der Waals surface area contributed by atoms with Crippen molar-refractivity contribution in [2.45, 2.75) is 12.7 Å². The summed E-state index contributed by atoms with van der Waals surface area (Å²) >= 11 is 0. The largest absolute Gasteiger partial charge is 0.411 e. The standard InChI is InChI=1S/C9H9F3N2O/c10-9(11,12)7-15-5-4-14-3-1-2-8(14)6-13/h1-3H,4-5,7H2. The number of rotatable bonds is 4. The molecule has 0 bridgehead atoms. The minimum atomic E-state index is -4.30. The van der Waals surface area contributed by atoms with Gasteiger partial charge in [-0.3, -0.25) is 0 Å². The average molecular weight is 218 g/mol. The molecule has 1 rings (SSSR count). The van der Waals surface area contributed by atoms with Crippen molar-refractivity contribution in [3.8, 4) is 6.07 Å². The Bertz CT molecular complexity index is 351. The lowest BCUT2D eigenvalue weighted by Crippen LogP contribution is -2.19. The van der Waals surface area contributed by atoms with Gasteiger partial charge in [-0.25, -0.2) is 0 Å². The van der Waals surface area contributed by atoms with E-state index in [4.69, 9.17) is 5.26 Å². The maximum absolute atomic E-state index is 11.7. The van der Waals surface area contributed by atoms with Gasteiger partial charge in [0.25, 0.3) is 0 Å². The molecule has 6 heteroatoms. The Kier molecular flexibility index (Phi) is 3.74. The zero-order valence-electron chi connectivity index (χ0n) is 7.79. The summed E-state index contributed by atoms with van der Waals surface area (Å²) in [6, 6.07) is 5.16. The Hall–Kier alpha value is -1.48. The van der Waals surface area contributed by atoms with Crippen LogP contribution in [0.25, 0.3) is 0 Å². The molecule has 0 saturated carbocycles. The van der Waals surface area contributed by atoms with Gasteiger partial charge in [0.05, 0.1) is 6.61 Å². The zero-order chi connectivity index (χ0) is 11.3. The minimum absolute atomic E-state index is 0.0666. The summed E-state index contributed by atoms with van der Waals surface area (Å²) in [4.78, 5) is 0. The molecule has 3 nitrogen and oxygen atoms in total. The molecule has 15 heavy (non-hydrogen) atoms. The van der Waals surface area contributed by atoms with Crippen LogP contribution in [0.2, 0.25) is 0 Å². The van der Waals surface area contributed by atoms with E-state index in [0.29, 0.717) is 5.69 Å². The molecule has 0 atom stereocenters. The molecular weight excluding hydrogens is 209 g/mol. The Morgan fingerprint density at radius 3 is 2.80 bits per heavy atom. The van der Waals surface area contributed by atoms with Crippen LogP contribution in [0.3, 0.4) is 0 Å². The second-order valence-electron chi connectivity index (χ2n) is 2.87. The predicted molar refractivity (Wildman–Crippen MR) is 46.0 cm³/mol. The first kappa shape index (κ1) is 11.6. The quantitative estimate of drug-likeness (QED) is 0.724. The Morgan fingerprint density at radius 2 is 2.20 bits per heavy atom. The van der Waals surface area contributed by atoms with Crippen LogP contribution in [0.4, 0.5) is 13.2 Å². The van der Waals surface area contributed by atoms with E-state index in [1.165, 1.54) is 4.57 Å². The fourth-order valence-electron chi connectivity index (χ4n) is 1.06. The maximum Gasteiger partial charge on any atom is 0.411 e. The molecule has 0 fully saturated rings. The highest BCUT2D eigenvalue weighted by molar-refractivity contribution is 5.21. The third-order valence-corrected chi connectivity index (χ3v) is 1.69.